The van der Waals surface area contributed by atoms with Gasteiger partial charge < -0.3 is 9.47 Å². The Kier molecular flexibility index (Phi) is 5.44. The van der Waals surface area contributed by atoms with Crippen LogP contribution < -0.4 is 9.46 Å². The molecule has 1 aliphatic rings. The van der Waals surface area contributed by atoms with Crippen molar-refractivity contribution >= 4 is 27.6 Å². The van der Waals surface area contributed by atoms with E-state index in [9.17, 15) is 13.2 Å². The lowest BCUT2D eigenvalue weighted by Gasteiger charge is -2.38. The molecule has 3 rings (SSSR count). The zero-order valence-corrected chi connectivity index (χ0v) is 17.6. The highest BCUT2D eigenvalue weighted by atomic mass is 35.5. The molecule has 0 amide bonds. The van der Waals surface area contributed by atoms with E-state index in [-0.39, 0.29) is 15.5 Å². The molecule has 150 valence electrons. The SMILES string of the molecule is COC(=O)c1cc(S(=O)(=O)N[C@@H]2CC(C)(C)Oc3ccc(C)cc32)ccc1Cl. The summed E-state index contributed by atoms with van der Waals surface area (Å²) < 4.78 is 39.5. The number of nitrogens with one attached hydrogen (secondary N) is 1. The van der Waals surface area contributed by atoms with Crippen LogP contribution in [0.5, 0.6) is 5.75 Å². The second-order valence-corrected chi connectivity index (χ2v) is 9.54. The maximum atomic E-state index is 13.0. The Balaban J connectivity index is 1.99. The van der Waals surface area contributed by atoms with E-state index in [0.717, 1.165) is 11.1 Å². The Bertz CT molecular complexity index is 1030. The molecule has 0 radical (unpaired) electrons. The molecule has 0 aliphatic carbocycles. The van der Waals surface area contributed by atoms with Crippen LogP contribution >= 0.6 is 11.6 Å². The molecule has 2 aromatic rings. The third-order valence-electron chi connectivity index (χ3n) is 4.57. The number of halogens is 1. The number of sulfonamides is 1. The zero-order valence-electron chi connectivity index (χ0n) is 16.1. The predicted molar refractivity (Wildman–Crippen MR) is 106 cm³/mol. The normalized spacial score (nSPS) is 18.1. The van der Waals surface area contributed by atoms with E-state index in [1.165, 1.54) is 25.3 Å². The van der Waals surface area contributed by atoms with Gasteiger partial charge in [0.05, 0.1) is 28.6 Å². The molecule has 0 bridgehead atoms. The van der Waals surface area contributed by atoms with Gasteiger partial charge in [0.15, 0.2) is 0 Å². The van der Waals surface area contributed by atoms with E-state index in [0.29, 0.717) is 12.2 Å². The number of carbonyl (C=O) groups excluding carboxylic acids is 1. The van der Waals surface area contributed by atoms with Crippen LogP contribution in [0.15, 0.2) is 41.3 Å². The third kappa shape index (κ3) is 4.16. The van der Waals surface area contributed by atoms with E-state index in [2.05, 4.69) is 9.46 Å². The predicted octanol–water partition coefficient (Wildman–Crippen LogP) is 4.02. The van der Waals surface area contributed by atoms with Gasteiger partial charge in [-0.25, -0.2) is 17.9 Å². The van der Waals surface area contributed by atoms with Gasteiger partial charge in [-0.15, -0.1) is 0 Å². The third-order valence-corrected chi connectivity index (χ3v) is 6.37. The molecular formula is C20H22ClNO5S. The molecule has 1 aliphatic heterocycles. The number of esters is 1. The van der Waals surface area contributed by atoms with E-state index >= 15 is 0 Å². The molecule has 1 atom stereocenters. The molecule has 0 unspecified atom stereocenters. The van der Waals surface area contributed by atoms with Crippen LogP contribution in [0.4, 0.5) is 0 Å². The number of hydrogen-bond acceptors (Lipinski definition) is 5. The summed E-state index contributed by atoms with van der Waals surface area (Å²) in [5, 5.41) is 0.124. The molecule has 2 aromatic carbocycles. The minimum atomic E-state index is -3.92. The molecule has 0 spiro atoms. The summed E-state index contributed by atoms with van der Waals surface area (Å²) in [5.41, 5.74) is 1.25. The summed E-state index contributed by atoms with van der Waals surface area (Å²) in [6.07, 6.45) is 0.458. The average Bonchev–Trinajstić information content (AvgIpc) is 2.61. The highest BCUT2D eigenvalue weighted by molar-refractivity contribution is 7.89. The van der Waals surface area contributed by atoms with Crippen molar-refractivity contribution < 1.29 is 22.7 Å². The zero-order chi connectivity index (χ0) is 20.7. The van der Waals surface area contributed by atoms with Crippen molar-refractivity contribution in [2.24, 2.45) is 0 Å². The minimum Gasteiger partial charge on any atom is -0.487 e. The lowest BCUT2D eigenvalue weighted by atomic mass is 9.89. The monoisotopic (exact) mass is 423 g/mol. The van der Waals surface area contributed by atoms with Crippen LogP contribution in [0, 0.1) is 6.92 Å². The summed E-state index contributed by atoms with van der Waals surface area (Å²) in [7, 11) is -2.71. The number of carbonyl (C=O) groups is 1. The molecule has 0 fully saturated rings. The van der Waals surface area contributed by atoms with Gasteiger partial charge in [-0.3, -0.25) is 0 Å². The quantitative estimate of drug-likeness (QED) is 0.751. The van der Waals surface area contributed by atoms with E-state index in [1.54, 1.807) is 0 Å². The molecule has 0 saturated carbocycles. The van der Waals surface area contributed by atoms with Crippen LogP contribution in [-0.4, -0.2) is 27.1 Å². The van der Waals surface area contributed by atoms with E-state index in [4.69, 9.17) is 16.3 Å². The van der Waals surface area contributed by atoms with Gasteiger partial charge in [0, 0.05) is 12.0 Å². The molecule has 1 heterocycles. The first-order valence-electron chi connectivity index (χ1n) is 8.72. The average molecular weight is 424 g/mol. The van der Waals surface area contributed by atoms with Gasteiger partial charge in [-0.2, -0.15) is 0 Å². The van der Waals surface area contributed by atoms with Crippen molar-refractivity contribution in [3.8, 4) is 5.75 Å². The van der Waals surface area contributed by atoms with Gasteiger partial charge >= 0.3 is 5.97 Å². The number of aryl methyl sites for hydroxylation is 1. The smallest absolute Gasteiger partial charge is 0.339 e. The van der Waals surface area contributed by atoms with Crippen molar-refractivity contribution in [3.05, 3.63) is 58.1 Å². The molecule has 0 saturated heterocycles. The fourth-order valence-corrected chi connectivity index (χ4v) is 4.71. The molecule has 6 nitrogen and oxygen atoms in total. The van der Waals surface area contributed by atoms with Crippen LogP contribution in [0.3, 0.4) is 0 Å². The number of benzene rings is 2. The van der Waals surface area contributed by atoms with Crippen LogP contribution in [0.1, 0.15) is 47.8 Å². The van der Waals surface area contributed by atoms with Crippen molar-refractivity contribution in [1.29, 1.82) is 0 Å². The number of fused-ring (bicyclic) bond motifs is 1. The number of hydrogen-bond donors (Lipinski definition) is 1. The highest BCUT2D eigenvalue weighted by Crippen LogP contribution is 2.40. The maximum absolute atomic E-state index is 13.0. The summed E-state index contributed by atoms with van der Waals surface area (Å²) in [6, 6.07) is 9.17. The lowest BCUT2D eigenvalue weighted by Crippen LogP contribution is -2.41. The Hall–Kier alpha value is -2.09. The van der Waals surface area contributed by atoms with Crippen molar-refractivity contribution in [3.63, 3.8) is 0 Å². The van der Waals surface area contributed by atoms with Gasteiger partial charge in [0.25, 0.3) is 0 Å². The number of methoxy groups -OCH3 is 1. The maximum Gasteiger partial charge on any atom is 0.339 e. The first-order chi connectivity index (χ1) is 13.0. The van der Waals surface area contributed by atoms with Gasteiger partial charge in [-0.05, 0) is 45.0 Å². The van der Waals surface area contributed by atoms with Gasteiger partial charge in [0.1, 0.15) is 11.4 Å². The first kappa shape index (κ1) is 20.6. The standard InChI is InChI=1S/C20H22ClNO5S/c1-12-5-8-18-15(9-12)17(11-20(2,3)27-18)22-28(24,25)13-6-7-16(21)14(10-13)19(23)26-4/h5-10,17,22H,11H2,1-4H3/t17-/m1/s1. The lowest BCUT2D eigenvalue weighted by molar-refractivity contribution is 0.0600. The molecule has 0 aromatic heterocycles. The van der Waals surface area contributed by atoms with E-state index in [1.807, 2.05) is 39.0 Å². The van der Waals surface area contributed by atoms with Crippen LogP contribution in [0.2, 0.25) is 5.02 Å². The van der Waals surface area contributed by atoms with Gasteiger partial charge in [-0.1, -0.05) is 29.3 Å². The number of ether oxygens (including phenoxy) is 2. The largest absolute Gasteiger partial charge is 0.487 e. The van der Waals surface area contributed by atoms with Gasteiger partial charge in [0.2, 0.25) is 10.0 Å². The second kappa shape index (κ2) is 7.39. The van der Waals surface area contributed by atoms with Crippen LogP contribution in [0.25, 0.3) is 0 Å². The highest BCUT2D eigenvalue weighted by Gasteiger charge is 2.36. The van der Waals surface area contributed by atoms with Crippen molar-refractivity contribution in [2.75, 3.05) is 7.11 Å². The van der Waals surface area contributed by atoms with Crippen LogP contribution in [-0.2, 0) is 14.8 Å². The Morgan fingerprint density at radius 2 is 1.96 bits per heavy atom. The summed E-state index contributed by atoms with van der Waals surface area (Å²) in [4.78, 5) is 11.8. The van der Waals surface area contributed by atoms with Crippen molar-refractivity contribution in [1.82, 2.24) is 4.72 Å². The molecule has 1 N–H and O–H groups in total. The van der Waals surface area contributed by atoms with Crippen molar-refractivity contribution in [2.45, 2.75) is 43.7 Å². The second-order valence-electron chi connectivity index (χ2n) is 7.41. The minimum absolute atomic E-state index is 0.00408. The molecule has 28 heavy (non-hydrogen) atoms. The number of rotatable bonds is 4. The fraction of sp³-hybridized carbons (Fsp3) is 0.350. The first-order valence-corrected chi connectivity index (χ1v) is 10.6. The Morgan fingerprint density at radius 3 is 2.64 bits per heavy atom. The summed E-state index contributed by atoms with van der Waals surface area (Å²) in [5.74, 6) is -0.0453. The van der Waals surface area contributed by atoms with E-state index < -0.39 is 27.6 Å². The molecular weight excluding hydrogens is 402 g/mol. The molecule has 8 heteroatoms. The Labute approximate surface area is 169 Å². The summed E-state index contributed by atoms with van der Waals surface area (Å²) in [6.45, 7) is 5.76. The Morgan fingerprint density at radius 1 is 1.25 bits per heavy atom. The fourth-order valence-electron chi connectivity index (χ4n) is 3.27. The summed E-state index contributed by atoms with van der Waals surface area (Å²) >= 11 is 6.00. The topological polar surface area (TPSA) is 81.7 Å².